The number of ketones is 1. The molecule has 8 nitrogen and oxygen atoms in total. The van der Waals surface area contributed by atoms with Gasteiger partial charge in [0.15, 0.2) is 5.78 Å². The predicted molar refractivity (Wildman–Crippen MR) is 96.2 cm³/mol. The van der Waals surface area contributed by atoms with Gasteiger partial charge in [-0.2, -0.15) is 0 Å². The molecule has 0 aliphatic carbocycles. The van der Waals surface area contributed by atoms with Gasteiger partial charge in [-0.1, -0.05) is 24.3 Å². The number of hydrogen-bond donors (Lipinski definition) is 4. The number of para-hydroxylation sites is 1. The predicted octanol–water partition coefficient (Wildman–Crippen LogP) is 0.184. The van der Waals surface area contributed by atoms with Crippen molar-refractivity contribution in [3.8, 4) is 11.5 Å². The van der Waals surface area contributed by atoms with Crippen molar-refractivity contribution in [1.29, 1.82) is 0 Å². The van der Waals surface area contributed by atoms with Crippen molar-refractivity contribution in [2.75, 3.05) is 13.2 Å². The third kappa shape index (κ3) is 4.05. The molecule has 0 spiro atoms. The summed E-state index contributed by atoms with van der Waals surface area (Å²) >= 11 is 0. The van der Waals surface area contributed by atoms with Crippen LogP contribution in [0.2, 0.25) is 0 Å². The monoisotopic (exact) mass is 388 g/mol. The molecule has 0 amide bonds. The Morgan fingerprint density at radius 2 is 1.75 bits per heavy atom. The molecule has 0 saturated carbocycles. The summed E-state index contributed by atoms with van der Waals surface area (Å²) < 4.78 is 10.9. The van der Waals surface area contributed by atoms with E-state index >= 15 is 0 Å². The molecule has 0 bridgehead atoms. The van der Waals surface area contributed by atoms with Gasteiger partial charge in [-0.05, 0) is 23.8 Å². The molecule has 1 aliphatic rings. The van der Waals surface area contributed by atoms with Crippen LogP contribution in [-0.2, 0) is 16.0 Å². The van der Waals surface area contributed by atoms with Gasteiger partial charge in [-0.25, -0.2) is 4.79 Å². The number of rotatable bonds is 7. The maximum Gasteiger partial charge on any atom is 0.338 e. The normalized spacial score (nSPS) is 15.4. The van der Waals surface area contributed by atoms with Gasteiger partial charge in [0.05, 0.1) is 5.56 Å². The molecule has 0 aromatic heterocycles. The van der Waals surface area contributed by atoms with Gasteiger partial charge >= 0.3 is 5.97 Å². The Morgan fingerprint density at radius 1 is 1.04 bits per heavy atom. The molecule has 0 radical (unpaired) electrons. The molecule has 28 heavy (non-hydrogen) atoms. The molecule has 1 aliphatic heterocycles. The average molecular weight is 388 g/mol. The van der Waals surface area contributed by atoms with Crippen molar-refractivity contribution in [2.24, 2.45) is 0 Å². The van der Waals surface area contributed by atoms with Gasteiger partial charge in [0, 0.05) is 12.0 Å². The zero-order chi connectivity index (χ0) is 20.3. The van der Waals surface area contributed by atoms with E-state index in [0.717, 1.165) is 5.56 Å². The molecule has 4 N–H and O–H groups in total. The maximum atomic E-state index is 12.5. The summed E-state index contributed by atoms with van der Waals surface area (Å²) in [6.45, 7) is -1.63. The first-order valence-corrected chi connectivity index (χ1v) is 8.65. The quantitative estimate of drug-likeness (QED) is 0.422. The number of esters is 1. The van der Waals surface area contributed by atoms with Gasteiger partial charge in [0.25, 0.3) is 0 Å². The fraction of sp³-hybridized carbons (Fsp3) is 0.300. The van der Waals surface area contributed by atoms with Crippen LogP contribution in [-0.4, -0.2) is 63.7 Å². The first-order chi connectivity index (χ1) is 13.4. The minimum atomic E-state index is -1.98. The molecule has 3 rings (SSSR count). The topological polar surface area (TPSA) is 134 Å². The molecule has 2 aromatic rings. The number of aliphatic hydroxyl groups is 4. The summed E-state index contributed by atoms with van der Waals surface area (Å²) in [6.07, 6.45) is -5.11. The van der Waals surface area contributed by atoms with E-state index in [0.29, 0.717) is 23.5 Å². The summed E-state index contributed by atoms with van der Waals surface area (Å²) in [5.74, 6) is -0.556. The molecule has 1 heterocycles. The molecular weight excluding hydrogens is 368 g/mol. The number of carbonyl (C=O) groups is 2. The molecule has 3 atom stereocenters. The highest BCUT2D eigenvalue weighted by molar-refractivity contribution is 5.92. The van der Waals surface area contributed by atoms with Gasteiger partial charge in [-0.3, -0.25) is 4.79 Å². The standard InChI is InChI=1S/C20H20O8/c21-9-14(22)18(24)19(25)15(23)10-27-20(26)12-5-3-7-17-13(12)8-11-4-1-2-6-16(11)28-17/h1-7,15,18-19,21,23-25H,8-10H2/t15-,18-,19-/m1/s1. The second-order valence-electron chi connectivity index (χ2n) is 6.39. The lowest BCUT2D eigenvalue weighted by molar-refractivity contribution is -0.142. The van der Waals surface area contributed by atoms with Crippen LogP contribution in [0.25, 0.3) is 0 Å². The zero-order valence-electron chi connectivity index (χ0n) is 14.8. The largest absolute Gasteiger partial charge is 0.459 e. The summed E-state index contributed by atoms with van der Waals surface area (Å²) in [7, 11) is 0. The Hall–Kier alpha value is -2.78. The molecule has 0 fully saturated rings. The van der Waals surface area contributed by atoms with Crippen LogP contribution in [0.5, 0.6) is 11.5 Å². The van der Waals surface area contributed by atoms with E-state index in [4.69, 9.17) is 14.6 Å². The van der Waals surface area contributed by atoms with E-state index in [1.54, 1.807) is 18.2 Å². The van der Waals surface area contributed by atoms with Crippen molar-refractivity contribution in [2.45, 2.75) is 24.7 Å². The van der Waals surface area contributed by atoms with Crippen molar-refractivity contribution < 1.29 is 39.5 Å². The maximum absolute atomic E-state index is 12.5. The number of benzene rings is 2. The van der Waals surface area contributed by atoms with Crippen LogP contribution in [0.4, 0.5) is 0 Å². The smallest absolute Gasteiger partial charge is 0.338 e. The van der Waals surface area contributed by atoms with Crippen LogP contribution < -0.4 is 4.74 Å². The molecule has 148 valence electrons. The fourth-order valence-electron chi connectivity index (χ4n) is 2.93. The van der Waals surface area contributed by atoms with E-state index < -0.39 is 43.3 Å². The number of aliphatic hydroxyl groups excluding tert-OH is 4. The Balaban J connectivity index is 1.69. The van der Waals surface area contributed by atoms with Gasteiger partial charge < -0.3 is 29.9 Å². The molecule has 0 saturated heterocycles. The molecule has 2 aromatic carbocycles. The van der Waals surface area contributed by atoms with Gasteiger partial charge in [-0.15, -0.1) is 0 Å². The van der Waals surface area contributed by atoms with E-state index in [-0.39, 0.29) is 5.56 Å². The highest BCUT2D eigenvalue weighted by Crippen LogP contribution is 2.38. The minimum absolute atomic E-state index is 0.251. The van der Waals surface area contributed by atoms with Crippen molar-refractivity contribution in [3.63, 3.8) is 0 Å². The second-order valence-corrected chi connectivity index (χ2v) is 6.39. The van der Waals surface area contributed by atoms with E-state index in [9.17, 15) is 24.9 Å². The van der Waals surface area contributed by atoms with Gasteiger partial charge in [0.2, 0.25) is 0 Å². The minimum Gasteiger partial charge on any atom is -0.459 e. The van der Waals surface area contributed by atoms with Crippen LogP contribution in [0, 0.1) is 0 Å². The number of hydrogen-bond acceptors (Lipinski definition) is 8. The summed E-state index contributed by atoms with van der Waals surface area (Å²) in [5.41, 5.74) is 1.80. The molecule has 0 unspecified atom stereocenters. The average Bonchev–Trinajstić information content (AvgIpc) is 2.73. The first kappa shape index (κ1) is 20.0. The highest BCUT2D eigenvalue weighted by Gasteiger charge is 2.31. The number of fused-ring (bicyclic) bond motifs is 2. The Bertz CT molecular complexity index is 878. The highest BCUT2D eigenvalue weighted by atomic mass is 16.5. The Morgan fingerprint density at radius 3 is 2.50 bits per heavy atom. The van der Waals surface area contributed by atoms with Crippen LogP contribution in [0.3, 0.4) is 0 Å². The van der Waals surface area contributed by atoms with Crippen LogP contribution >= 0.6 is 0 Å². The van der Waals surface area contributed by atoms with Gasteiger partial charge in [0.1, 0.15) is 43.0 Å². The number of carbonyl (C=O) groups excluding carboxylic acids is 2. The first-order valence-electron chi connectivity index (χ1n) is 8.65. The van der Waals surface area contributed by atoms with Crippen molar-refractivity contribution in [3.05, 3.63) is 59.2 Å². The Kier molecular flexibility index (Phi) is 6.05. The van der Waals surface area contributed by atoms with Crippen molar-refractivity contribution in [1.82, 2.24) is 0 Å². The third-order valence-corrected chi connectivity index (χ3v) is 4.50. The van der Waals surface area contributed by atoms with E-state index in [1.807, 2.05) is 24.3 Å². The fourth-order valence-corrected chi connectivity index (χ4v) is 2.93. The lowest BCUT2D eigenvalue weighted by Crippen LogP contribution is -2.45. The lowest BCUT2D eigenvalue weighted by atomic mass is 9.96. The summed E-state index contributed by atoms with van der Waals surface area (Å²) in [4.78, 5) is 23.7. The third-order valence-electron chi connectivity index (χ3n) is 4.50. The Labute approximate surface area is 160 Å². The number of ether oxygens (including phenoxy) is 2. The van der Waals surface area contributed by atoms with E-state index in [2.05, 4.69) is 0 Å². The molecular formula is C20H20O8. The summed E-state index contributed by atoms with van der Waals surface area (Å²) in [5, 5.41) is 37.8. The second kappa shape index (κ2) is 8.49. The summed E-state index contributed by atoms with van der Waals surface area (Å²) in [6, 6.07) is 12.4. The number of Topliss-reactive ketones (excluding diaryl/α,β-unsaturated/α-hetero) is 1. The van der Waals surface area contributed by atoms with E-state index in [1.165, 1.54) is 0 Å². The lowest BCUT2D eigenvalue weighted by Gasteiger charge is -2.23. The van der Waals surface area contributed by atoms with Crippen LogP contribution in [0.1, 0.15) is 21.5 Å². The van der Waals surface area contributed by atoms with Crippen LogP contribution in [0.15, 0.2) is 42.5 Å². The molecule has 8 heteroatoms. The van der Waals surface area contributed by atoms with Crippen molar-refractivity contribution >= 4 is 11.8 Å². The zero-order valence-corrected chi connectivity index (χ0v) is 14.8. The SMILES string of the molecule is O=C(OC[C@@H](O)[C@@H](O)[C@H](O)C(=O)CO)c1cccc2c1Cc1ccccc1O2.